The summed E-state index contributed by atoms with van der Waals surface area (Å²) in [4.78, 5) is 54.9. The van der Waals surface area contributed by atoms with Gasteiger partial charge in [0.1, 0.15) is 11.6 Å². The summed E-state index contributed by atoms with van der Waals surface area (Å²) in [7, 11) is 5.96. The molecule has 2 fully saturated rings. The average molecular weight is 1070 g/mol. The molecule has 412 valence electrons. The van der Waals surface area contributed by atoms with Gasteiger partial charge in [-0.15, -0.1) is 0 Å². The van der Waals surface area contributed by atoms with E-state index in [0.717, 1.165) is 98.0 Å². The number of hydrogen-bond acceptors (Lipinski definition) is 10. The van der Waals surface area contributed by atoms with Crippen molar-refractivity contribution in [1.82, 2.24) is 9.80 Å². The Hall–Kier alpha value is -7.74. The monoisotopic (exact) mass is 1070 g/mol. The van der Waals surface area contributed by atoms with Crippen LogP contribution in [0.15, 0.2) is 146 Å². The summed E-state index contributed by atoms with van der Waals surface area (Å²) in [6.45, 7) is 2.01. The Bertz CT molecular complexity index is 2670. The van der Waals surface area contributed by atoms with E-state index >= 15 is 0 Å². The number of rotatable bonds is 22. The molecule has 8 rings (SSSR count). The predicted molar refractivity (Wildman–Crippen MR) is 295 cm³/mol. The molecule has 0 heterocycles. The molecule has 2 amide bonds. The summed E-state index contributed by atoms with van der Waals surface area (Å²) in [6, 6.07) is 42.7. The highest BCUT2D eigenvalue weighted by atomic mass is 19.1. The fraction of sp³-hybridized carbons (Fsp3) is 0.375. The van der Waals surface area contributed by atoms with Crippen LogP contribution in [0.5, 0.6) is 23.0 Å². The first-order chi connectivity index (χ1) is 37.9. The van der Waals surface area contributed by atoms with E-state index in [0.29, 0.717) is 61.6 Å². The molecule has 6 aromatic carbocycles. The number of carbonyl (C=O) groups excluding carboxylic acids is 4. The van der Waals surface area contributed by atoms with Gasteiger partial charge in [0.25, 0.3) is 0 Å². The smallest absolute Gasteiger partial charge is 0.337 e. The van der Waals surface area contributed by atoms with Crippen molar-refractivity contribution in [2.75, 3.05) is 41.5 Å². The zero-order valence-corrected chi connectivity index (χ0v) is 45.2. The highest BCUT2D eigenvalue weighted by Gasteiger charge is 2.32. The Kier molecular flexibility index (Phi) is 22.1. The number of hydrogen-bond donors (Lipinski definition) is 0. The SMILES string of the molecule is COC(=O)c1ccc(CN(CCCc2cccc(F)c2)C(=O)C2CCC(Oc3ccccc3OC)CC2)cc1.COC(=O)c1ccc(CN(CCCc2cccc(F)c2)C(=O)C2CCC(Oc3ccccc3OC)CC2)cc1. The predicted octanol–water partition coefficient (Wildman–Crippen LogP) is 12.4. The van der Waals surface area contributed by atoms with Gasteiger partial charge >= 0.3 is 11.9 Å². The first kappa shape index (κ1) is 58.0. The molecule has 0 spiro atoms. The number of esters is 2. The van der Waals surface area contributed by atoms with Crippen molar-refractivity contribution in [3.05, 3.63) is 191 Å². The first-order valence-electron chi connectivity index (χ1n) is 26.9. The van der Waals surface area contributed by atoms with Gasteiger partial charge in [0.2, 0.25) is 11.8 Å². The van der Waals surface area contributed by atoms with Crippen molar-refractivity contribution in [3.8, 4) is 23.0 Å². The lowest BCUT2D eigenvalue weighted by molar-refractivity contribution is -0.138. The fourth-order valence-corrected chi connectivity index (χ4v) is 10.2. The van der Waals surface area contributed by atoms with Crippen molar-refractivity contribution < 1.29 is 56.4 Å². The van der Waals surface area contributed by atoms with Gasteiger partial charge in [-0.2, -0.15) is 0 Å². The van der Waals surface area contributed by atoms with Gasteiger partial charge in [-0.25, -0.2) is 18.4 Å². The van der Waals surface area contributed by atoms with Crippen LogP contribution in [0.3, 0.4) is 0 Å². The van der Waals surface area contributed by atoms with Crippen LogP contribution in [-0.4, -0.2) is 87.3 Å². The molecular formula is C64H72F2N2O10. The van der Waals surface area contributed by atoms with E-state index < -0.39 is 11.9 Å². The largest absolute Gasteiger partial charge is 0.493 e. The maximum Gasteiger partial charge on any atom is 0.337 e. The number of benzene rings is 6. The van der Waals surface area contributed by atoms with E-state index in [9.17, 15) is 28.0 Å². The quantitative estimate of drug-likeness (QED) is 0.0606. The summed E-state index contributed by atoms with van der Waals surface area (Å²) in [5, 5.41) is 0. The Labute approximate surface area is 457 Å². The molecule has 14 heteroatoms. The number of methoxy groups -OCH3 is 4. The molecule has 0 aliphatic heterocycles. The third-order valence-corrected chi connectivity index (χ3v) is 14.5. The molecule has 0 unspecified atom stereocenters. The van der Waals surface area contributed by atoms with Crippen LogP contribution in [0, 0.1) is 23.5 Å². The number of ether oxygens (including phenoxy) is 6. The van der Waals surface area contributed by atoms with Crippen LogP contribution in [0.2, 0.25) is 0 Å². The Morgan fingerprint density at radius 1 is 0.436 bits per heavy atom. The Morgan fingerprint density at radius 3 is 1.13 bits per heavy atom. The molecule has 0 saturated heterocycles. The molecule has 0 atom stereocenters. The number of amides is 2. The van der Waals surface area contributed by atoms with Crippen LogP contribution >= 0.6 is 0 Å². The van der Waals surface area contributed by atoms with Crippen molar-refractivity contribution >= 4 is 23.8 Å². The fourth-order valence-electron chi connectivity index (χ4n) is 10.2. The lowest BCUT2D eigenvalue weighted by Gasteiger charge is -2.32. The molecular weight excluding hydrogens is 995 g/mol. The summed E-state index contributed by atoms with van der Waals surface area (Å²) < 4.78 is 60.0. The molecule has 2 saturated carbocycles. The van der Waals surface area contributed by atoms with Gasteiger partial charge in [-0.1, -0.05) is 72.8 Å². The normalized spacial score (nSPS) is 16.8. The first-order valence-corrected chi connectivity index (χ1v) is 26.9. The zero-order chi connectivity index (χ0) is 55.2. The van der Waals surface area contributed by atoms with Crippen LogP contribution in [-0.2, 0) is 45.0 Å². The standard InChI is InChI=1S/2C32H36FNO5/c2*1-37-29-10-3-4-11-30(29)39-28-18-16-25(17-19-28)31(35)34(20-6-8-23-7-5-9-27(33)21-23)22-24-12-14-26(15-13-24)32(36)38-2/h2*3-5,7,9-15,21,25,28H,6,8,16-20,22H2,1-2H3. The van der Waals surface area contributed by atoms with Crippen LogP contribution in [0.4, 0.5) is 8.78 Å². The van der Waals surface area contributed by atoms with Crippen molar-refractivity contribution in [1.29, 1.82) is 0 Å². The maximum atomic E-state index is 13.7. The molecule has 0 bridgehead atoms. The number of halogens is 2. The van der Waals surface area contributed by atoms with Gasteiger partial charge in [-0.3, -0.25) is 9.59 Å². The molecule has 12 nitrogen and oxygen atoms in total. The van der Waals surface area contributed by atoms with Gasteiger partial charge in [-0.05, 0) is 172 Å². The van der Waals surface area contributed by atoms with E-state index in [4.69, 9.17) is 28.4 Å². The van der Waals surface area contributed by atoms with Crippen molar-refractivity contribution in [2.45, 2.75) is 102 Å². The summed E-state index contributed by atoms with van der Waals surface area (Å²) in [5.74, 6) is 1.68. The minimum absolute atomic E-state index is 0.0395. The van der Waals surface area contributed by atoms with Gasteiger partial charge in [0, 0.05) is 38.0 Å². The number of para-hydroxylation sites is 4. The van der Waals surface area contributed by atoms with E-state index in [2.05, 4.69) is 0 Å². The molecule has 0 radical (unpaired) electrons. The Balaban J connectivity index is 0.000000226. The molecule has 2 aliphatic carbocycles. The van der Waals surface area contributed by atoms with Crippen LogP contribution in [0.25, 0.3) is 0 Å². The van der Waals surface area contributed by atoms with E-state index in [1.165, 1.54) is 26.4 Å². The van der Waals surface area contributed by atoms with Gasteiger partial charge in [0.05, 0.1) is 51.8 Å². The maximum absolute atomic E-state index is 13.7. The molecule has 6 aromatic rings. The second kappa shape index (κ2) is 29.7. The molecule has 0 N–H and O–H groups in total. The van der Waals surface area contributed by atoms with Crippen LogP contribution < -0.4 is 18.9 Å². The summed E-state index contributed by atoms with van der Waals surface area (Å²) in [6.07, 6.45) is 9.06. The van der Waals surface area contributed by atoms with Crippen molar-refractivity contribution in [3.63, 3.8) is 0 Å². The topological polar surface area (TPSA) is 130 Å². The van der Waals surface area contributed by atoms with Crippen LogP contribution in [0.1, 0.15) is 107 Å². The second-order valence-electron chi connectivity index (χ2n) is 19.8. The summed E-state index contributed by atoms with van der Waals surface area (Å²) >= 11 is 0. The zero-order valence-electron chi connectivity index (χ0n) is 45.2. The third kappa shape index (κ3) is 17.1. The minimum Gasteiger partial charge on any atom is -0.493 e. The summed E-state index contributed by atoms with van der Waals surface area (Å²) in [5.41, 5.74) is 4.65. The number of nitrogens with zero attached hydrogens (tertiary/aromatic N) is 2. The van der Waals surface area contributed by atoms with Crippen molar-refractivity contribution in [2.24, 2.45) is 11.8 Å². The third-order valence-electron chi connectivity index (χ3n) is 14.5. The number of aryl methyl sites for hydroxylation is 2. The lowest BCUT2D eigenvalue weighted by Crippen LogP contribution is -2.39. The molecule has 78 heavy (non-hydrogen) atoms. The average Bonchev–Trinajstić information content (AvgIpc) is 3.48. The highest BCUT2D eigenvalue weighted by molar-refractivity contribution is 5.90. The second-order valence-corrected chi connectivity index (χ2v) is 19.8. The van der Waals surface area contributed by atoms with E-state index in [1.54, 1.807) is 62.8 Å². The molecule has 0 aromatic heterocycles. The van der Waals surface area contributed by atoms with E-state index in [1.807, 2.05) is 94.7 Å². The molecule has 2 aliphatic rings. The van der Waals surface area contributed by atoms with E-state index in [-0.39, 0.29) is 47.5 Å². The minimum atomic E-state index is -0.392. The number of carbonyl (C=O) groups is 4. The highest BCUT2D eigenvalue weighted by Crippen LogP contribution is 2.35. The van der Waals surface area contributed by atoms with Gasteiger partial charge < -0.3 is 38.2 Å². The Morgan fingerprint density at radius 2 is 0.795 bits per heavy atom. The lowest BCUT2D eigenvalue weighted by atomic mass is 9.86. The van der Waals surface area contributed by atoms with Gasteiger partial charge in [0.15, 0.2) is 23.0 Å².